The Morgan fingerprint density at radius 1 is 0.404 bits per heavy atom. The Balaban J connectivity index is 1.14. The molecule has 0 spiro atoms. The van der Waals surface area contributed by atoms with Gasteiger partial charge in [-0.3, -0.25) is 0 Å². The molecule has 4 heterocycles. The van der Waals surface area contributed by atoms with Crippen molar-refractivity contribution in [3.05, 3.63) is 176 Å². The Morgan fingerprint density at radius 2 is 1.09 bits per heavy atom. The van der Waals surface area contributed by atoms with Crippen LogP contribution >= 0.6 is 22.7 Å². The van der Waals surface area contributed by atoms with Crippen LogP contribution in [0, 0.1) is 0 Å². The highest BCUT2D eigenvalue weighted by molar-refractivity contribution is 7.26. The number of nitrogens with zero attached hydrogens (tertiary/aromatic N) is 1. The Bertz CT molecular complexity index is 3630. The molecular formula is C52H31BN2S2. The molecule has 0 saturated carbocycles. The Kier molecular flexibility index (Phi) is 6.60. The van der Waals surface area contributed by atoms with Crippen LogP contribution in [0.4, 0.5) is 17.1 Å². The van der Waals surface area contributed by atoms with Gasteiger partial charge < -0.3 is 9.88 Å². The minimum absolute atomic E-state index is 0.832. The number of nitrogens with one attached hydrogen (secondary N) is 1. The quantitative estimate of drug-likeness (QED) is 0.178. The van der Waals surface area contributed by atoms with Crippen LogP contribution in [0.1, 0.15) is 0 Å². The lowest BCUT2D eigenvalue weighted by atomic mass is 9.58. The number of para-hydroxylation sites is 1. The van der Waals surface area contributed by atoms with Crippen LogP contribution in [0.25, 0.3) is 95.2 Å². The molecule has 0 bridgehead atoms. The van der Waals surface area contributed by atoms with Gasteiger partial charge in [-0.1, -0.05) is 127 Å². The molecular weight excluding hydrogens is 728 g/mol. The Morgan fingerprint density at radius 3 is 1.93 bits per heavy atom. The van der Waals surface area contributed by atoms with Crippen molar-refractivity contribution in [1.82, 2.24) is 4.98 Å². The van der Waals surface area contributed by atoms with Crippen molar-refractivity contribution in [3.63, 3.8) is 0 Å². The minimum atomic E-state index is 0.832. The number of benzene rings is 9. The Labute approximate surface area is 337 Å². The summed E-state index contributed by atoms with van der Waals surface area (Å²) in [6.07, 6.45) is 0. The zero-order valence-electron chi connectivity index (χ0n) is 30.7. The van der Waals surface area contributed by atoms with Gasteiger partial charge in [0.1, 0.15) is 0 Å². The van der Waals surface area contributed by atoms with Crippen molar-refractivity contribution in [2.45, 2.75) is 0 Å². The number of thiophene rings is 2. The molecule has 0 unspecified atom stereocenters. The van der Waals surface area contributed by atoms with Gasteiger partial charge in [0, 0.05) is 79.1 Å². The van der Waals surface area contributed by atoms with E-state index in [-0.39, 0.29) is 0 Å². The summed E-state index contributed by atoms with van der Waals surface area (Å²) in [4.78, 5) is 6.55. The second-order valence-corrected chi connectivity index (χ2v) is 17.5. The highest BCUT2D eigenvalue weighted by Gasteiger charge is 2.30. The first-order chi connectivity index (χ1) is 28.2. The summed E-state index contributed by atoms with van der Waals surface area (Å²) in [5.41, 5.74) is 13.6. The summed E-state index contributed by atoms with van der Waals surface area (Å²) in [7, 11) is 0.832. The van der Waals surface area contributed by atoms with Gasteiger partial charge in [0.15, 0.2) is 7.28 Å². The first kappa shape index (κ1) is 31.5. The number of anilines is 3. The van der Waals surface area contributed by atoms with Gasteiger partial charge in [-0.15, -0.1) is 22.7 Å². The van der Waals surface area contributed by atoms with Crippen LogP contribution in [0.15, 0.2) is 176 Å². The molecule has 1 N–H and O–H groups in total. The van der Waals surface area contributed by atoms with E-state index in [1.54, 1.807) is 0 Å². The van der Waals surface area contributed by atoms with Crippen LogP contribution in [-0.2, 0) is 0 Å². The monoisotopic (exact) mass is 758 g/mol. The van der Waals surface area contributed by atoms with Crippen molar-refractivity contribution in [2.75, 3.05) is 4.90 Å². The van der Waals surface area contributed by atoms with Crippen LogP contribution in [0.5, 0.6) is 0 Å². The number of hydrogen-bond acceptors (Lipinski definition) is 3. The fraction of sp³-hybridized carbons (Fsp3) is 0. The summed E-state index contributed by atoms with van der Waals surface area (Å²) in [5.74, 6) is 0. The predicted molar refractivity (Wildman–Crippen MR) is 251 cm³/mol. The molecule has 2 nitrogen and oxygen atoms in total. The van der Waals surface area contributed by atoms with Crippen molar-refractivity contribution in [3.8, 4) is 22.3 Å². The first-order valence-corrected chi connectivity index (χ1v) is 21.2. The standard InChI is InChI=1S/C52H31BN2S2/c1-2-11-30(12-3-1)32-25-42(38-18-10-17-37-39-23-21-31-13-4-5-14-34(31)51(39)54-52(37)38)50-45(26-32)55(33-22-24-48-40(27-33)35-15-6-8-19-46(35)56-48)44-28-41-36-16-7-9-20-47(36)57-49(41)29-43(44)53-50/h1-29,53-54H. The summed E-state index contributed by atoms with van der Waals surface area (Å²) < 4.78 is 5.30. The molecule has 3 aromatic heterocycles. The number of rotatable bonds is 3. The van der Waals surface area contributed by atoms with Crippen molar-refractivity contribution < 1.29 is 0 Å². The third kappa shape index (κ3) is 4.64. The summed E-state index contributed by atoms with van der Waals surface area (Å²) in [6, 6.07) is 65.6. The van der Waals surface area contributed by atoms with E-state index in [1.165, 1.54) is 123 Å². The van der Waals surface area contributed by atoms with E-state index in [9.17, 15) is 0 Å². The lowest BCUT2D eigenvalue weighted by molar-refractivity contribution is 1.31. The van der Waals surface area contributed by atoms with Gasteiger partial charge in [0.05, 0.1) is 11.0 Å². The predicted octanol–water partition coefficient (Wildman–Crippen LogP) is 13.7. The molecule has 1 aliphatic rings. The lowest BCUT2D eigenvalue weighted by Crippen LogP contribution is -2.41. The van der Waals surface area contributed by atoms with Crippen LogP contribution in [0.2, 0.25) is 0 Å². The molecule has 0 fully saturated rings. The maximum absolute atomic E-state index is 3.98. The van der Waals surface area contributed by atoms with E-state index >= 15 is 0 Å². The topological polar surface area (TPSA) is 19.0 Å². The van der Waals surface area contributed by atoms with E-state index in [0.717, 1.165) is 7.28 Å². The molecule has 1 aliphatic heterocycles. The number of hydrogen-bond donors (Lipinski definition) is 1. The summed E-state index contributed by atoms with van der Waals surface area (Å²) >= 11 is 3.78. The zero-order valence-corrected chi connectivity index (χ0v) is 32.3. The molecule has 57 heavy (non-hydrogen) atoms. The minimum Gasteiger partial charge on any atom is -0.353 e. The van der Waals surface area contributed by atoms with Gasteiger partial charge in [-0.2, -0.15) is 0 Å². The van der Waals surface area contributed by atoms with E-state index < -0.39 is 0 Å². The molecule has 264 valence electrons. The average molecular weight is 759 g/mol. The smallest absolute Gasteiger partial charge is 0.198 e. The van der Waals surface area contributed by atoms with Gasteiger partial charge >= 0.3 is 0 Å². The molecule has 0 radical (unpaired) electrons. The third-order valence-electron chi connectivity index (χ3n) is 12.2. The summed E-state index contributed by atoms with van der Waals surface area (Å²) in [6.45, 7) is 0. The molecule has 0 amide bonds. The zero-order chi connectivity index (χ0) is 37.2. The van der Waals surface area contributed by atoms with Crippen LogP contribution in [-0.4, -0.2) is 12.3 Å². The Hall–Kier alpha value is -6.66. The lowest BCUT2D eigenvalue weighted by Gasteiger charge is -2.35. The molecule has 0 aliphatic carbocycles. The molecule has 12 aromatic rings. The average Bonchev–Trinajstić information content (AvgIpc) is 3.96. The third-order valence-corrected chi connectivity index (χ3v) is 14.5. The van der Waals surface area contributed by atoms with Crippen molar-refractivity contribution in [2.24, 2.45) is 0 Å². The van der Waals surface area contributed by atoms with E-state index in [4.69, 9.17) is 0 Å². The second kappa shape index (κ2) is 11.9. The second-order valence-electron chi connectivity index (χ2n) is 15.3. The number of aromatic amines is 1. The van der Waals surface area contributed by atoms with Gasteiger partial charge in [0.2, 0.25) is 0 Å². The van der Waals surface area contributed by atoms with Crippen LogP contribution < -0.4 is 15.8 Å². The van der Waals surface area contributed by atoms with Crippen LogP contribution in [0.3, 0.4) is 0 Å². The fourth-order valence-corrected chi connectivity index (χ4v) is 11.8. The van der Waals surface area contributed by atoms with E-state index in [1.807, 2.05) is 22.7 Å². The number of fused-ring (bicyclic) bond motifs is 13. The highest BCUT2D eigenvalue weighted by Crippen LogP contribution is 2.46. The fourth-order valence-electron chi connectivity index (χ4n) is 9.57. The SMILES string of the molecule is B1c2cc3sc4ccccc4c3cc2N(c2ccc3sc4ccccc4c3c2)c2cc(-c3ccccc3)cc(-c3cccc4c3[nH]c3c5ccccc5ccc43)c21. The van der Waals surface area contributed by atoms with E-state index in [0.29, 0.717) is 0 Å². The molecule has 0 atom stereocenters. The van der Waals surface area contributed by atoms with Crippen molar-refractivity contribution >= 4 is 131 Å². The molecule has 0 saturated heterocycles. The summed E-state index contributed by atoms with van der Waals surface area (Å²) in [5, 5.41) is 10.3. The largest absolute Gasteiger partial charge is 0.353 e. The molecule has 5 heteroatoms. The number of H-pyrrole nitrogens is 1. The van der Waals surface area contributed by atoms with E-state index in [2.05, 4.69) is 186 Å². The van der Waals surface area contributed by atoms with Gasteiger partial charge in [0.25, 0.3) is 0 Å². The number of aromatic nitrogens is 1. The van der Waals surface area contributed by atoms with Gasteiger partial charge in [-0.25, -0.2) is 0 Å². The first-order valence-electron chi connectivity index (χ1n) is 19.5. The van der Waals surface area contributed by atoms with Gasteiger partial charge in [-0.05, 0) is 82.1 Å². The highest BCUT2D eigenvalue weighted by atomic mass is 32.1. The normalized spacial score (nSPS) is 12.7. The maximum atomic E-state index is 3.98. The molecule has 9 aromatic carbocycles. The molecule has 13 rings (SSSR count). The maximum Gasteiger partial charge on any atom is 0.198 e. The van der Waals surface area contributed by atoms with Crippen molar-refractivity contribution in [1.29, 1.82) is 0 Å².